The zero-order valence-electron chi connectivity index (χ0n) is 10.4. The van der Waals surface area contributed by atoms with E-state index in [-0.39, 0.29) is 6.42 Å². The second kappa shape index (κ2) is 5.00. The zero-order valence-corrected chi connectivity index (χ0v) is 10.4. The van der Waals surface area contributed by atoms with Crippen molar-refractivity contribution in [3.8, 4) is 11.6 Å². The predicted octanol–water partition coefficient (Wildman–Crippen LogP) is 2.15. The van der Waals surface area contributed by atoms with Crippen molar-refractivity contribution in [3.63, 3.8) is 0 Å². The van der Waals surface area contributed by atoms with E-state index in [0.29, 0.717) is 22.8 Å². The maximum Gasteiger partial charge on any atom is 0.307 e. The van der Waals surface area contributed by atoms with Crippen LogP contribution in [0.3, 0.4) is 0 Å². The first-order valence-electron chi connectivity index (χ1n) is 6.00. The Bertz CT molecular complexity index is 767. The van der Waals surface area contributed by atoms with Gasteiger partial charge in [-0.15, -0.1) is 0 Å². The minimum absolute atomic E-state index is 0.0354. The van der Waals surface area contributed by atoms with Gasteiger partial charge in [0.2, 0.25) is 5.88 Å². The van der Waals surface area contributed by atoms with Crippen molar-refractivity contribution in [2.45, 2.75) is 6.42 Å². The third-order valence-corrected chi connectivity index (χ3v) is 2.71. The number of rotatable bonds is 4. The molecule has 0 aliphatic heterocycles. The quantitative estimate of drug-likeness (QED) is 0.785. The minimum atomic E-state index is -0.874. The Labute approximate surface area is 114 Å². The third kappa shape index (κ3) is 2.59. The fraction of sp³-hybridized carbons (Fsp3) is 0.0714. The number of fused-ring (bicyclic) bond motifs is 1. The van der Waals surface area contributed by atoms with E-state index in [4.69, 9.17) is 9.84 Å². The van der Waals surface area contributed by atoms with Crippen LogP contribution in [-0.2, 0) is 11.2 Å². The molecule has 0 radical (unpaired) electrons. The molecular formula is C14H11N3O3. The van der Waals surface area contributed by atoms with E-state index < -0.39 is 5.97 Å². The Hall–Kier alpha value is -2.89. The van der Waals surface area contributed by atoms with Gasteiger partial charge in [0.15, 0.2) is 5.65 Å². The molecule has 0 fully saturated rings. The highest BCUT2D eigenvalue weighted by atomic mass is 16.5. The molecule has 1 N–H and O–H groups in total. The average molecular weight is 269 g/mol. The Morgan fingerprint density at radius 3 is 3.05 bits per heavy atom. The molecule has 0 amide bonds. The van der Waals surface area contributed by atoms with Gasteiger partial charge in [-0.3, -0.25) is 4.79 Å². The van der Waals surface area contributed by atoms with Crippen molar-refractivity contribution >= 4 is 11.6 Å². The highest BCUT2D eigenvalue weighted by Gasteiger charge is 2.04. The molecule has 0 saturated heterocycles. The van der Waals surface area contributed by atoms with Gasteiger partial charge in [-0.1, -0.05) is 12.1 Å². The number of nitrogens with zero attached hydrogens (tertiary/aromatic N) is 3. The lowest BCUT2D eigenvalue weighted by atomic mass is 10.1. The van der Waals surface area contributed by atoms with Crippen molar-refractivity contribution in [2.24, 2.45) is 0 Å². The van der Waals surface area contributed by atoms with E-state index in [1.54, 1.807) is 53.3 Å². The molecule has 1 aromatic carbocycles. The van der Waals surface area contributed by atoms with Crippen LogP contribution in [0.15, 0.2) is 48.8 Å². The average Bonchev–Trinajstić information content (AvgIpc) is 2.85. The van der Waals surface area contributed by atoms with Crippen LogP contribution in [0.25, 0.3) is 5.65 Å². The lowest BCUT2D eigenvalue weighted by Gasteiger charge is -2.06. The lowest BCUT2D eigenvalue weighted by molar-refractivity contribution is -0.136. The van der Waals surface area contributed by atoms with Gasteiger partial charge in [0.1, 0.15) is 5.75 Å². The smallest absolute Gasteiger partial charge is 0.307 e. The zero-order chi connectivity index (χ0) is 13.9. The first kappa shape index (κ1) is 12.2. The molecule has 0 atom stereocenters. The van der Waals surface area contributed by atoms with E-state index in [1.807, 2.05) is 0 Å². The molecule has 0 spiro atoms. The van der Waals surface area contributed by atoms with Gasteiger partial charge >= 0.3 is 5.97 Å². The third-order valence-electron chi connectivity index (χ3n) is 2.71. The maximum absolute atomic E-state index is 10.7. The van der Waals surface area contributed by atoms with Gasteiger partial charge in [-0.05, 0) is 17.7 Å². The monoisotopic (exact) mass is 269 g/mol. The van der Waals surface area contributed by atoms with Crippen LogP contribution in [0.2, 0.25) is 0 Å². The Morgan fingerprint density at radius 1 is 1.30 bits per heavy atom. The number of aromatic nitrogens is 3. The molecule has 2 heterocycles. The van der Waals surface area contributed by atoms with Crippen molar-refractivity contribution in [3.05, 3.63) is 54.4 Å². The van der Waals surface area contributed by atoms with Crippen LogP contribution in [0, 0.1) is 0 Å². The molecule has 6 nitrogen and oxygen atoms in total. The Balaban J connectivity index is 1.84. The summed E-state index contributed by atoms with van der Waals surface area (Å²) in [6, 6.07) is 10.4. The first-order valence-corrected chi connectivity index (χ1v) is 6.00. The van der Waals surface area contributed by atoms with Gasteiger partial charge in [0.25, 0.3) is 0 Å². The van der Waals surface area contributed by atoms with Gasteiger partial charge in [0, 0.05) is 18.3 Å². The van der Waals surface area contributed by atoms with E-state index >= 15 is 0 Å². The molecule has 2 aromatic heterocycles. The highest BCUT2D eigenvalue weighted by molar-refractivity contribution is 5.70. The molecule has 3 aromatic rings. The number of hydrogen-bond donors (Lipinski definition) is 1. The summed E-state index contributed by atoms with van der Waals surface area (Å²) in [6.45, 7) is 0. The summed E-state index contributed by atoms with van der Waals surface area (Å²) in [5.74, 6) is 0.117. The number of aliphatic carboxylic acids is 1. The number of carboxylic acid groups (broad SMARTS) is 1. The molecule has 0 bridgehead atoms. The van der Waals surface area contributed by atoms with Gasteiger partial charge in [-0.25, -0.2) is 4.52 Å². The van der Waals surface area contributed by atoms with Crippen LogP contribution in [0.5, 0.6) is 11.6 Å². The summed E-state index contributed by atoms with van der Waals surface area (Å²) in [7, 11) is 0. The highest BCUT2D eigenvalue weighted by Crippen LogP contribution is 2.21. The van der Waals surface area contributed by atoms with E-state index in [0.717, 1.165) is 0 Å². The molecule has 3 rings (SSSR count). The Morgan fingerprint density at radius 2 is 2.20 bits per heavy atom. The van der Waals surface area contributed by atoms with Crippen molar-refractivity contribution in [2.75, 3.05) is 0 Å². The fourth-order valence-corrected chi connectivity index (χ4v) is 1.87. The molecule has 6 heteroatoms. The second-order valence-corrected chi connectivity index (χ2v) is 4.22. The van der Waals surface area contributed by atoms with Gasteiger partial charge < -0.3 is 9.84 Å². The normalized spacial score (nSPS) is 10.6. The van der Waals surface area contributed by atoms with Crippen LogP contribution >= 0.6 is 0 Å². The van der Waals surface area contributed by atoms with E-state index in [9.17, 15) is 4.79 Å². The van der Waals surface area contributed by atoms with Crippen molar-refractivity contribution < 1.29 is 14.6 Å². The molecule has 100 valence electrons. The van der Waals surface area contributed by atoms with E-state index in [2.05, 4.69) is 10.1 Å². The summed E-state index contributed by atoms with van der Waals surface area (Å²) < 4.78 is 7.27. The van der Waals surface area contributed by atoms with Crippen LogP contribution < -0.4 is 4.74 Å². The Kier molecular flexibility index (Phi) is 3.04. The number of ether oxygens (including phenoxy) is 1. The molecule has 0 unspecified atom stereocenters. The SMILES string of the molecule is O=C(O)Cc1cccc(Oc2ccn3nccc3n2)c1. The topological polar surface area (TPSA) is 76.7 Å². The summed E-state index contributed by atoms with van der Waals surface area (Å²) in [5, 5.41) is 12.8. The summed E-state index contributed by atoms with van der Waals surface area (Å²) >= 11 is 0. The first-order chi connectivity index (χ1) is 9.70. The summed E-state index contributed by atoms with van der Waals surface area (Å²) in [5.41, 5.74) is 1.37. The number of carboxylic acids is 1. The number of carbonyl (C=O) groups is 1. The summed E-state index contributed by atoms with van der Waals surface area (Å²) in [6.07, 6.45) is 3.37. The van der Waals surface area contributed by atoms with Crippen molar-refractivity contribution in [1.82, 2.24) is 14.6 Å². The summed E-state index contributed by atoms with van der Waals surface area (Å²) in [4.78, 5) is 15.0. The van der Waals surface area contributed by atoms with Gasteiger partial charge in [-0.2, -0.15) is 10.1 Å². The maximum atomic E-state index is 10.7. The minimum Gasteiger partial charge on any atom is -0.481 e. The standard InChI is InChI=1S/C14H11N3O3/c18-14(19)9-10-2-1-3-11(8-10)20-13-5-7-17-12(16-13)4-6-15-17/h1-8H,9H2,(H,18,19). The lowest BCUT2D eigenvalue weighted by Crippen LogP contribution is -2.00. The number of hydrogen-bond acceptors (Lipinski definition) is 4. The fourth-order valence-electron chi connectivity index (χ4n) is 1.87. The van der Waals surface area contributed by atoms with E-state index in [1.165, 1.54) is 0 Å². The molecule has 0 saturated carbocycles. The van der Waals surface area contributed by atoms with Crippen LogP contribution in [-0.4, -0.2) is 25.7 Å². The number of benzene rings is 1. The van der Waals surface area contributed by atoms with Gasteiger partial charge in [0.05, 0.1) is 12.6 Å². The second-order valence-electron chi connectivity index (χ2n) is 4.22. The van der Waals surface area contributed by atoms with Crippen molar-refractivity contribution in [1.29, 1.82) is 0 Å². The van der Waals surface area contributed by atoms with Crippen LogP contribution in [0.4, 0.5) is 0 Å². The largest absolute Gasteiger partial charge is 0.481 e. The molecule has 20 heavy (non-hydrogen) atoms. The molecule has 0 aliphatic carbocycles. The molecule has 0 aliphatic rings. The predicted molar refractivity (Wildman–Crippen MR) is 70.8 cm³/mol. The van der Waals surface area contributed by atoms with Crippen LogP contribution in [0.1, 0.15) is 5.56 Å². The molecular weight excluding hydrogens is 258 g/mol.